The van der Waals surface area contributed by atoms with Crippen molar-refractivity contribution in [3.8, 4) is 0 Å². The van der Waals surface area contributed by atoms with Crippen LogP contribution in [0.3, 0.4) is 0 Å². The Morgan fingerprint density at radius 1 is 1.77 bits per heavy atom. The normalized spacial score (nSPS) is 12.5. The SMILES string of the molecule is C[C@H](O)CNC(=O)c1cccn1C. The molecule has 0 fully saturated rings. The predicted molar refractivity (Wildman–Crippen MR) is 49.4 cm³/mol. The van der Waals surface area contributed by atoms with E-state index in [0.29, 0.717) is 5.69 Å². The van der Waals surface area contributed by atoms with Gasteiger partial charge in [-0.1, -0.05) is 0 Å². The second-order valence-corrected chi connectivity index (χ2v) is 3.06. The number of aliphatic hydroxyl groups is 1. The second kappa shape index (κ2) is 4.09. The summed E-state index contributed by atoms with van der Waals surface area (Å²) in [5, 5.41) is 11.6. The standard InChI is InChI=1S/C9H14N2O2/c1-7(12)6-10-9(13)8-4-3-5-11(8)2/h3-5,7,12H,6H2,1-2H3,(H,10,13)/t7-/m0/s1. The summed E-state index contributed by atoms with van der Waals surface area (Å²) in [4.78, 5) is 11.4. The number of carbonyl (C=O) groups excluding carboxylic acids is 1. The van der Waals surface area contributed by atoms with E-state index in [4.69, 9.17) is 5.11 Å². The number of carbonyl (C=O) groups is 1. The lowest BCUT2D eigenvalue weighted by atomic mass is 10.3. The highest BCUT2D eigenvalue weighted by atomic mass is 16.3. The lowest BCUT2D eigenvalue weighted by Gasteiger charge is -2.07. The van der Waals surface area contributed by atoms with Gasteiger partial charge in [0, 0.05) is 19.8 Å². The topological polar surface area (TPSA) is 54.3 Å². The number of nitrogens with one attached hydrogen (secondary N) is 1. The van der Waals surface area contributed by atoms with E-state index in [1.54, 1.807) is 36.9 Å². The third kappa shape index (κ3) is 2.59. The van der Waals surface area contributed by atoms with Crippen molar-refractivity contribution in [3.05, 3.63) is 24.0 Å². The first-order valence-corrected chi connectivity index (χ1v) is 4.19. The molecule has 0 aliphatic rings. The summed E-state index contributed by atoms with van der Waals surface area (Å²) >= 11 is 0. The van der Waals surface area contributed by atoms with Crippen LogP contribution in [-0.2, 0) is 7.05 Å². The maximum absolute atomic E-state index is 11.4. The minimum absolute atomic E-state index is 0.159. The highest BCUT2D eigenvalue weighted by Crippen LogP contribution is 1.98. The monoisotopic (exact) mass is 182 g/mol. The molecule has 4 heteroatoms. The van der Waals surface area contributed by atoms with Crippen LogP contribution in [0.2, 0.25) is 0 Å². The summed E-state index contributed by atoms with van der Waals surface area (Å²) in [7, 11) is 1.80. The number of rotatable bonds is 3. The molecule has 2 N–H and O–H groups in total. The van der Waals surface area contributed by atoms with Crippen LogP contribution < -0.4 is 5.32 Å². The molecule has 13 heavy (non-hydrogen) atoms. The molecule has 0 spiro atoms. The van der Waals surface area contributed by atoms with E-state index in [1.165, 1.54) is 0 Å². The second-order valence-electron chi connectivity index (χ2n) is 3.06. The molecule has 0 aromatic carbocycles. The van der Waals surface area contributed by atoms with Crippen molar-refractivity contribution in [1.29, 1.82) is 0 Å². The van der Waals surface area contributed by atoms with Crippen LogP contribution in [0.5, 0.6) is 0 Å². The van der Waals surface area contributed by atoms with Crippen LogP contribution in [-0.4, -0.2) is 28.2 Å². The first-order valence-electron chi connectivity index (χ1n) is 4.19. The number of nitrogens with zero attached hydrogens (tertiary/aromatic N) is 1. The zero-order valence-electron chi connectivity index (χ0n) is 7.82. The number of aromatic nitrogens is 1. The van der Waals surface area contributed by atoms with Crippen molar-refractivity contribution in [2.75, 3.05) is 6.54 Å². The molecule has 1 amide bonds. The molecule has 0 saturated carbocycles. The van der Waals surface area contributed by atoms with Crippen molar-refractivity contribution in [2.45, 2.75) is 13.0 Å². The van der Waals surface area contributed by atoms with Crippen LogP contribution in [0.15, 0.2) is 18.3 Å². The quantitative estimate of drug-likeness (QED) is 0.698. The largest absolute Gasteiger partial charge is 0.392 e. The van der Waals surface area contributed by atoms with Crippen LogP contribution in [0.4, 0.5) is 0 Å². The number of hydrogen-bond donors (Lipinski definition) is 2. The van der Waals surface area contributed by atoms with Gasteiger partial charge in [-0.2, -0.15) is 0 Å². The molecule has 0 saturated heterocycles. The fourth-order valence-corrected chi connectivity index (χ4v) is 1.03. The van der Waals surface area contributed by atoms with Crippen LogP contribution in [0.1, 0.15) is 17.4 Å². The van der Waals surface area contributed by atoms with Gasteiger partial charge < -0.3 is 15.0 Å². The summed E-state index contributed by atoms with van der Waals surface area (Å²) in [5.41, 5.74) is 0.598. The summed E-state index contributed by atoms with van der Waals surface area (Å²) < 4.78 is 1.73. The molecular formula is C9H14N2O2. The molecule has 0 unspecified atom stereocenters. The summed E-state index contributed by atoms with van der Waals surface area (Å²) in [6, 6.07) is 3.54. The predicted octanol–water partition coefficient (Wildman–Crippen LogP) is 0.136. The van der Waals surface area contributed by atoms with Crippen molar-refractivity contribution >= 4 is 5.91 Å². The number of hydrogen-bond acceptors (Lipinski definition) is 2. The van der Waals surface area contributed by atoms with Gasteiger partial charge in [-0.15, -0.1) is 0 Å². The minimum Gasteiger partial charge on any atom is -0.392 e. The average molecular weight is 182 g/mol. The molecule has 72 valence electrons. The van der Waals surface area contributed by atoms with E-state index in [2.05, 4.69) is 5.32 Å². The smallest absolute Gasteiger partial charge is 0.267 e. The molecule has 0 radical (unpaired) electrons. The van der Waals surface area contributed by atoms with Gasteiger partial charge in [0.05, 0.1) is 6.10 Å². The maximum atomic E-state index is 11.4. The van der Waals surface area contributed by atoms with Gasteiger partial charge in [0.1, 0.15) is 5.69 Å². The molecule has 1 rings (SSSR count). The van der Waals surface area contributed by atoms with Crippen LogP contribution in [0.25, 0.3) is 0 Å². The van der Waals surface area contributed by atoms with Gasteiger partial charge in [0.25, 0.3) is 5.91 Å². The Bertz CT molecular complexity index is 292. The molecule has 0 aliphatic heterocycles. The van der Waals surface area contributed by atoms with Gasteiger partial charge in [-0.3, -0.25) is 4.79 Å². The van der Waals surface area contributed by atoms with Gasteiger partial charge in [0.2, 0.25) is 0 Å². The first-order chi connectivity index (χ1) is 6.11. The lowest BCUT2D eigenvalue weighted by Crippen LogP contribution is -2.31. The van der Waals surface area contributed by atoms with Crippen molar-refractivity contribution in [3.63, 3.8) is 0 Å². The van der Waals surface area contributed by atoms with Gasteiger partial charge in [0.15, 0.2) is 0 Å². The Morgan fingerprint density at radius 3 is 2.92 bits per heavy atom. The molecule has 0 aliphatic carbocycles. The van der Waals surface area contributed by atoms with Crippen molar-refractivity contribution in [2.24, 2.45) is 7.05 Å². The maximum Gasteiger partial charge on any atom is 0.267 e. The van der Waals surface area contributed by atoms with Gasteiger partial charge in [-0.25, -0.2) is 0 Å². The van der Waals surface area contributed by atoms with Crippen LogP contribution in [0, 0.1) is 0 Å². The zero-order chi connectivity index (χ0) is 9.84. The van der Waals surface area contributed by atoms with Crippen molar-refractivity contribution < 1.29 is 9.90 Å². The highest BCUT2D eigenvalue weighted by Gasteiger charge is 2.08. The van der Waals surface area contributed by atoms with E-state index in [-0.39, 0.29) is 12.5 Å². The fourth-order valence-electron chi connectivity index (χ4n) is 1.03. The molecule has 1 aromatic rings. The average Bonchev–Trinajstić information content (AvgIpc) is 2.47. The van der Waals surface area contributed by atoms with E-state index in [1.807, 2.05) is 0 Å². The minimum atomic E-state index is -0.510. The third-order valence-electron chi connectivity index (χ3n) is 1.73. The Hall–Kier alpha value is -1.29. The van der Waals surface area contributed by atoms with E-state index >= 15 is 0 Å². The van der Waals surface area contributed by atoms with Crippen molar-refractivity contribution in [1.82, 2.24) is 9.88 Å². The van der Waals surface area contributed by atoms with Gasteiger partial charge in [-0.05, 0) is 19.1 Å². The molecule has 0 bridgehead atoms. The molecule has 1 atom stereocenters. The number of aliphatic hydroxyl groups excluding tert-OH is 1. The Morgan fingerprint density at radius 2 is 2.46 bits per heavy atom. The zero-order valence-corrected chi connectivity index (χ0v) is 7.82. The number of aryl methyl sites for hydroxylation is 1. The Kier molecular flexibility index (Phi) is 3.08. The summed E-state index contributed by atoms with van der Waals surface area (Å²) in [6.45, 7) is 1.91. The third-order valence-corrected chi connectivity index (χ3v) is 1.73. The summed E-state index contributed by atoms with van der Waals surface area (Å²) in [6.07, 6.45) is 1.29. The first kappa shape index (κ1) is 9.80. The van der Waals surface area contributed by atoms with Gasteiger partial charge >= 0.3 is 0 Å². The molecule has 1 aromatic heterocycles. The molecule has 4 nitrogen and oxygen atoms in total. The molecular weight excluding hydrogens is 168 g/mol. The number of amides is 1. The van der Waals surface area contributed by atoms with E-state index in [9.17, 15) is 4.79 Å². The summed E-state index contributed by atoms with van der Waals surface area (Å²) in [5.74, 6) is -0.159. The highest BCUT2D eigenvalue weighted by molar-refractivity contribution is 5.92. The molecule has 1 heterocycles. The fraction of sp³-hybridized carbons (Fsp3) is 0.444. The van der Waals surface area contributed by atoms with E-state index in [0.717, 1.165) is 0 Å². The lowest BCUT2D eigenvalue weighted by molar-refractivity contribution is 0.0916. The Labute approximate surface area is 77.2 Å². The van der Waals surface area contributed by atoms with Crippen LogP contribution >= 0.6 is 0 Å². The van der Waals surface area contributed by atoms with E-state index < -0.39 is 6.10 Å². The Balaban J connectivity index is 2.54.